The molecule has 0 N–H and O–H groups in total. The van der Waals surface area contributed by atoms with Crippen molar-refractivity contribution in [2.24, 2.45) is 10.8 Å². The van der Waals surface area contributed by atoms with Crippen LogP contribution in [0.4, 0.5) is 4.39 Å². The van der Waals surface area contributed by atoms with Gasteiger partial charge in [-0.25, -0.2) is 4.39 Å². The van der Waals surface area contributed by atoms with Crippen molar-refractivity contribution in [3.63, 3.8) is 0 Å². The fourth-order valence-corrected chi connectivity index (χ4v) is 2.56. The highest BCUT2D eigenvalue weighted by molar-refractivity contribution is 5.14. The van der Waals surface area contributed by atoms with Crippen LogP contribution in [0.2, 0.25) is 0 Å². The van der Waals surface area contributed by atoms with E-state index >= 15 is 0 Å². The molecule has 0 aromatic carbocycles. The van der Waals surface area contributed by atoms with Crippen molar-refractivity contribution in [2.45, 2.75) is 39.2 Å². The van der Waals surface area contributed by atoms with Crippen LogP contribution in [-0.2, 0) is 4.74 Å². The van der Waals surface area contributed by atoms with Gasteiger partial charge in [0.2, 0.25) is 0 Å². The Morgan fingerprint density at radius 1 is 1.33 bits per heavy atom. The number of hydrogen-bond donors (Lipinski definition) is 0. The molecular weight excluding hydrogens is 155 g/mol. The maximum atomic E-state index is 12.6. The summed E-state index contributed by atoms with van der Waals surface area (Å²) in [6, 6.07) is 0. The Morgan fingerprint density at radius 3 is 2.17 bits per heavy atom. The molecule has 0 spiro atoms. The second-order valence-electron chi connectivity index (χ2n) is 5.49. The number of halogens is 1. The van der Waals surface area contributed by atoms with Crippen LogP contribution >= 0.6 is 0 Å². The van der Waals surface area contributed by atoms with Gasteiger partial charge in [-0.05, 0) is 18.3 Å². The molecule has 0 atom stereocenters. The Balaban J connectivity index is 2.14. The fourth-order valence-electron chi connectivity index (χ4n) is 2.56. The molecule has 0 amide bonds. The quantitative estimate of drug-likeness (QED) is 0.590. The van der Waals surface area contributed by atoms with E-state index in [1.54, 1.807) is 0 Å². The van der Waals surface area contributed by atoms with Crippen LogP contribution in [0, 0.1) is 10.8 Å². The Kier molecular flexibility index (Phi) is 1.44. The van der Waals surface area contributed by atoms with Crippen molar-refractivity contribution >= 4 is 0 Å². The molecule has 1 saturated carbocycles. The predicted molar refractivity (Wildman–Crippen MR) is 45.8 cm³/mol. The lowest BCUT2D eigenvalue weighted by Crippen LogP contribution is -2.51. The number of rotatable bonds is 1. The second-order valence-corrected chi connectivity index (χ2v) is 5.49. The summed E-state index contributed by atoms with van der Waals surface area (Å²) in [6.07, 6.45) is 1.86. The Morgan fingerprint density at radius 2 is 1.92 bits per heavy atom. The van der Waals surface area contributed by atoms with Gasteiger partial charge in [-0.2, -0.15) is 0 Å². The summed E-state index contributed by atoms with van der Waals surface area (Å²) in [6.45, 7) is 7.14. The Hall–Kier alpha value is -0.110. The molecule has 2 heterocycles. The highest BCUT2D eigenvalue weighted by Gasteiger charge is 2.66. The topological polar surface area (TPSA) is 9.23 Å². The summed E-state index contributed by atoms with van der Waals surface area (Å²) in [5, 5.41) is 0. The molecule has 0 aromatic heterocycles. The minimum absolute atomic E-state index is 0.266. The van der Waals surface area contributed by atoms with Crippen LogP contribution < -0.4 is 0 Å². The predicted octanol–water partition coefficient (Wildman–Crippen LogP) is 2.55. The minimum Gasteiger partial charge on any atom is -0.372 e. The lowest BCUT2D eigenvalue weighted by Gasteiger charge is -2.51. The van der Waals surface area contributed by atoms with Crippen LogP contribution in [0.3, 0.4) is 0 Å². The van der Waals surface area contributed by atoms with Crippen molar-refractivity contribution in [3.8, 4) is 0 Å². The first-order chi connectivity index (χ1) is 5.43. The van der Waals surface area contributed by atoms with E-state index in [1.165, 1.54) is 0 Å². The molecule has 3 rings (SSSR count). The molecule has 70 valence electrons. The summed E-state index contributed by atoms with van der Waals surface area (Å²) < 4.78 is 18.1. The van der Waals surface area contributed by atoms with E-state index in [0.717, 1.165) is 19.4 Å². The van der Waals surface area contributed by atoms with E-state index < -0.39 is 0 Å². The SMILES string of the molecule is CC(C)(C)C12COC(CF)(C1)C2. The van der Waals surface area contributed by atoms with Gasteiger partial charge in [0.15, 0.2) is 0 Å². The summed E-state index contributed by atoms with van der Waals surface area (Å²) in [7, 11) is 0. The largest absolute Gasteiger partial charge is 0.372 e. The lowest BCUT2D eigenvalue weighted by atomic mass is 9.52. The summed E-state index contributed by atoms with van der Waals surface area (Å²) in [5.41, 5.74) is 0.175. The van der Waals surface area contributed by atoms with Crippen molar-refractivity contribution in [1.29, 1.82) is 0 Å². The van der Waals surface area contributed by atoms with Gasteiger partial charge >= 0.3 is 0 Å². The zero-order valence-corrected chi connectivity index (χ0v) is 8.11. The third-order valence-electron chi connectivity index (χ3n) is 3.81. The van der Waals surface area contributed by atoms with Crippen molar-refractivity contribution < 1.29 is 9.13 Å². The second kappa shape index (κ2) is 2.03. The molecule has 2 aliphatic heterocycles. The highest BCUT2D eigenvalue weighted by atomic mass is 19.1. The molecule has 0 unspecified atom stereocenters. The molecular formula is C10H17FO. The van der Waals surface area contributed by atoms with E-state index in [4.69, 9.17) is 4.74 Å². The van der Waals surface area contributed by atoms with Gasteiger partial charge in [0.25, 0.3) is 0 Å². The fraction of sp³-hybridized carbons (Fsp3) is 1.00. The number of fused-ring (bicyclic) bond motifs is 1. The van der Waals surface area contributed by atoms with Crippen LogP contribution in [0.15, 0.2) is 0 Å². The molecule has 0 aromatic rings. The van der Waals surface area contributed by atoms with Crippen LogP contribution in [0.25, 0.3) is 0 Å². The normalized spacial score (nSPS) is 46.0. The van der Waals surface area contributed by atoms with Crippen molar-refractivity contribution in [1.82, 2.24) is 0 Å². The van der Waals surface area contributed by atoms with Crippen molar-refractivity contribution in [2.75, 3.05) is 13.3 Å². The molecule has 1 nitrogen and oxygen atoms in total. The van der Waals surface area contributed by atoms with Crippen LogP contribution in [0.1, 0.15) is 33.6 Å². The molecule has 12 heavy (non-hydrogen) atoms. The number of alkyl halides is 1. The van der Waals surface area contributed by atoms with Gasteiger partial charge < -0.3 is 4.74 Å². The molecule has 0 radical (unpaired) electrons. The zero-order chi connectivity index (χ0) is 9.04. The van der Waals surface area contributed by atoms with Gasteiger partial charge in [0.05, 0.1) is 12.2 Å². The van der Waals surface area contributed by atoms with Gasteiger partial charge in [-0.3, -0.25) is 0 Å². The molecule has 2 bridgehead atoms. The highest BCUT2D eigenvalue weighted by Crippen LogP contribution is 2.65. The van der Waals surface area contributed by atoms with E-state index in [9.17, 15) is 4.39 Å². The standard InChI is InChI=1S/C10H17FO/c1-8(2,3)9-4-10(5-9,6-11)12-7-9/h4-7H2,1-3H3. The number of ether oxygens (including phenoxy) is 1. The molecule has 1 aliphatic carbocycles. The first-order valence-corrected chi connectivity index (χ1v) is 4.63. The van der Waals surface area contributed by atoms with E-state index in [0.29, 0.717) is 0 Å². The van der Waals surface area contributed by atoms with Gasteiger partial charge in [-0.1, -0.05) is 20.8 Å². The van der Waals surface area contributed by atoms with E-state index in [-0.39, 0.29) is 23.1 Å². The summed E-state index contributed by atoms with van der Waals surface area (Å²) >= 11 is 0. The smallest absolute Gasteiger partial charge is 0.118 e. The molecule has 3 fully saturated rings. The Bertz CT molecular complexity index is 198. The lowest BCUT2D eigenvalue weighted by molar-refractivity contribution is -0.0620. The summed E-state index contributed by atoms with van der Waals surface area (Å²) in [5.74, 6) is 0. The Labute approximate surface area is 73.3 Å². The number of hydrogen-bond acceptors (Lipinski definition) is 1. The average Bonchev–Trinajstić information content (AvgIpc) is 2.37. The monoisotopic (exact) mass is 172 g/mol. The van der Waals surface area contributed by atoms with Gasteiger partial charge in [0, 0.05) is 5.41 Å². The van der Waals surface area contributed by atoms with Crippen molar-refractivity contribution in [3.05, 3.63) is 0 Å². The van der Waals surface area contributed by atoms with E-state index in [2.05, 4.69) is 20.8 Å². The molecule has 2 heteroatoms. The van der Waals surface area contributed by atoms with Crippen LogP contribution in [0.5, 0.6) is 0 Å². The third-order valence-corrected chi connectivity index (χ3v) is 3.81. The minimum atomic E-state index is -0.368. The molecule has 2 saturated heterocycles. The first-order valence-electron chi connectivity index (χ1n) is 4.63. The molecule has 3 aliphatic rings. The van der Waals surface area contributed by atoms with Gasteiger partial charge in [-0.15, -0.1) is 0 Å². The third kappa shape index (κ3) is 0.819. The first kappa shape index (κ1) is 8.49. The van der Waals surface area contributed by atoms with Gasteiger partial charge in [0.1, 0.15) is 6.67 Å². The van der Waals surface area contributed by atoms with E-state index in [1.807, 2.05) is 0 Å². The van der Waals surface area contributed by atoms with Crippen LogP contribution in [-0.4, -0.2) is 18.9 Å². The zero-order valence-electron chi connectivity index (χ0n) is 8.11. The maximum Gasteiger partial charge on any atom is 0.118 e. The summed E-state index contributed by atoms with van der Waals surface area (Å²) in [4.78, 5) is 0. The maximum absolute atomic E-state index is 12.6. The average molecular weight is 172 g/mol.